The number of carbonyl (C=O) groups is 2. The van der Waals surface area contributed by atoms with Crippen LogP contribution >= 0.6 is 0 Å². The molecule has 24 heavy (non-hydrogen) atoms. The third-order valence-electron chi connectivity index (χ3n) is 3.60. The fourth-order valence-electron chi connectivity index (χ4n) is 2.20. The first-order valence-electron chi connectivity index (χ1n) is 7.80. The first kappa shape index (κ1) is 17.6. The summed E-state index contributed by atoms with van der Waals surface area (Å²) in [7, 11) is 0. The van der Waals surface area contributed by atoms with Crippen LogP contribution in [0.2, 0.25) is 0 Å². The van der Waals surface area contributed by atoms with E-state index in [1.165, 1.54) is 5.56 Å². The van der Waals surface area contributed by atoms with Crippen molar-refractivity contribution < 1.29 is 14.7 Å². The summed E-state index contributed by atoms with van der Waals surface area (Å²) < 4.78 is 0. The summed E-state index contributed by atoms with van der Waals surface area (Å²) in [6.45, 7) is 2.34. The quantitative estimate of drug-likeness (QED) is 0.751. The van der Waals surface area contributed by atoms with E-state index in [0.29, 0.717) is 12.2 Å². The average Bonchev–Trinajstić information content (AvgIpc) is 2.60. The second-order valence-corrected chi connectivity index (χ2v) is 5.42. The highest BCUT2D eigenvalue weighted by Crippen LogP contribution is 2.10. The number of carboxylic acids is 1. The molecule has 0 saturated carbocycles. The number of benzene rings is 1. The number of nitrogens with zero attached hydrogens (tertiary/aromatic N) is 1. The van der Waals surface area contributed by atoms with Crippen LogP contribution in [0.3, 0.4) is 0 Å². The van der Waals surface area contributed by atoms with Crippen LogP contribution < -0.4 is 15.7 Å². The summed E-state index contributed by atoms with van der Waals surface area (Å²) >= 11 is 0. The Labute approximate surface area is 140 Å². The molecule has 1 amide bonds. The Morgan fingerprint density at radius 3 is 2.50 bits per heavy atom. The van der Waals surface area contributed by atoms with Crippen LogP contribution in [-0.2, 0) is 22.6 Å². The zero-order valence-corrected chi connectivity index (χ0v) is 13.5. The van der Waals surface area contributed by atoms with Crippen molar-refractivity contribution in [2.24, 2.45) is 0 Å². The molecule has 126 valence electrons. The van der Waals surface area contributed by atoms with E-state index in [1.54, 1.807) is 30.6 Å². The normalized spacial score (nSPS) is 11.7. The smallest absolute Gasteiger partial charge is 0.226 e. The molecule has 2 aromatic rings. The molecule has 0 spiro atoms. The van der Waals surface area contributed by atoms with E-state index in [9.17, 15) is 14.7 Å². The molecule has 2 N–H and O–H groups in total. The van der Waals surface area contributed by atoms with Gasteiger partial charge in [-0.05, 0) is 35.7 Å². The number of anilines is 1. The number of amides is 1. The van der Waals surface area contributed by atoms with Crippen molar-refractivity contribution >= 4 is 17.6 Å². The average molecular weight is 326 g/mol. The predicted octanol–water partition coefficient (Wildman–Crippen LogP) is 0.881. The SMILES string of the molecule is CCc1ccc(NC(=O)CC(NCc2cccnc2)C(=O)[O-])cc1. The number of nitrogens with one attached hydrogen (secondary N) is 2. The molecule has 6 nitrogen and oxygen atoms in total. The largest absolute Gasteiger partial charge is 0.548 e. The van der Waals surface area contributed by atoms with Gasteiger partial charge in [-0.2, -0.15) is 0 Å². The lowest BCUT2D eigenvalue weighted by atomic mass is 10.1. The van der Waals surface area contributed by atoms with Crippen LogP contribution in [0.1, 0.15) is 24.5 Å². The first-order chi connectivity index (χ1) is 11.6. The van der Waals surface area contributed by atoms with E-state index in [4.69, 9.17) is 0 Å². The second kappa shape index (κ2) is 8.79. The lowest BCUT2D eigenvalue weighted by molar-refractivity contribution is -0.308. The maximum absolute atomic E-state index is 12.0. The minimum Gasteiger partial charge on any atom is -0.548 e. The van der Waals surface area contributed by atoms with Gasteiger partial charge in [0.1, 0.15) is 0 Å². The number of aromatic nitrogens is 1. The van der Waals surface area contributed by atoms with Crippen LogP contribution in [0.4, 0.5) is 5.69 Å². The highest BCUT2D eigenvalue weighted by atomic mass is 16.4. The van der Waals surface area contributed by atoms with Gasteiger partial charge in [-0.3, -0.25) is 9.78 Å². The molecule has 2 rings (SSSR count). The van der Waals surface area contributed by atoms with Crippen molar-refractivity contribution in [2.45, 2.75) is 32.4 Å². The predicted molar refractivity (Wildman–Crippen MR) is 88.9 cm³/mol. The van der Waals surface area contributed by atoms with E-state index in [2.05, 4.69) is 15.6 Å². The van der Waals surface area contributed by atoms with E-state index in [0.717, 1.165) is 12.0 Å². The van der Waals surface area contributed by atoms with Crippen molar-refractivity contribution in [3.8, 4) is 0 Å². The Morgan fingerprint density at radius 1 is 1.17 bits per heavy atom. The first-order valence-corrected chi connectivity index (χ1v) is 7.80. The fraction of sp³-hybridized carbons (Fsp3) is 0.278. The van der Waals surface area contributed by atoms with E-state index in [-0.39, 0.29) is 12.3 Å². The molecule has 6 heteroatoms. The number of carboxylic acid groups (broad SMARTS) is 1. The van der Waals surface area contributed by atoms with Crippen molar-refractivity contribution in [3.63, 3.8) is 0 Å². The molecule has 0 aliphatic rings. The van der Waals surface area contributed by atoms with E-state index in [1.807, 2.05) is 25.1 Å². The molecule has 1 unspecified atom stereocenters. The van der Waals surface area contributed by atoms with Crippen LogP contribution in [0.5, 0.6) is 0 Å². The van der Waals surface area contributed by atoms with Gasteiger partial charge in [0.2, 0.25) is 5.91 Å². The number of aryl methyl sites for hydroxylation is 1. The molecule has 0 saturated heterocycles. The maximum Gasteiger partial charge on any atom is 0.226 e. The molecule has 0 bridgehead atoms. The lowest BCUT2D eigenvalue weighted by Crippen LogP contribution is -2.47. The Kier molecular flexibility index (Phi) is 6.45. The Bertz CT molecular complexity index is 672. The molecule has 0 fully saturated rings. The minimum atomic E-state index is -1.31. The number of hydrogen-bond donors (Lipinski definition) is 2. The third-order valence-corrected chi connectivity index (χ3v) is 3.60. The Morgan fingerprint density at radius 2 is 1.92 bits per heavy atom. The molecule has 0 aliphatic heterocycles. The molecule has 0 aliphatic carbocycles. The zero-order chi connectivity index (χ0) is 17.4. The van der Waals surface area contributed by atoms with Gasteiger partial charge < -0.3 is 20.5 Å². The molecular weight excluding hydrogens is 306 g/mol. The molecule has 0 radical (unpaired) electrons. The summed E-state index contributed by atoms with van der Waals surface area (Å²) in [5.74, 6) is -1.69. The number of hydrogen-bond acceptors (Lipinski definition) is 5. The summed E-state index contributed by atoms with van der Waals surface area (Å²) in [4.78, 5) is 27.2. The third kappa shape index (κ3) is 5.48. The molecule has 1 heterocycles. The van der Waals surface area contributed by atoms with Gasteiger partial charge in [0.25, 0.3) is 0 Å². The van der Waals surface area contributed by atoms with Crippen LogP contribution in [0, 0.1) is 0 Å². The molecule has 1 aromatic heterocycles. The van der Waals surface area contributed by atoms with Gasteiger partial charge in [0, 0.05) is 31.0 Å². The summed E-state index contributed by atoms with van der Waals surface area (Å²) in [5.41, 5.74) is 2.64. The van der Waals surface area contributed by atoms with E-state index < -0.39 is 12.0 Å². The van der Waals surface area contributed by atoms with Gasteiger partial charge in [-0.1, -0.05) is 25.1 Å². The standard InChI is InChI=1S/C18H21N3O3/c1-2-13-5-7-15(8-6-13)21-17(22)10-16(18(23)24)20-12-14-4-3-9-19-11-14/h3-9,11,16,20H,2,10,12H2,1H3,(H,21,22)(H,23,24)/p-1. The monoisotopic (exact) mass is 326 g/mol. The number of pyridine rings is 1. The Hall–Kier alpha value is -2.73. The van der Waals surface area contributed by atoms with Crippen LogP contribution in [0.15, 0.2) is 48.8 Å². The second-order valence-electron chi connectivity index (χ2n) is 5.42. The number of rotatable bonds is 8. The number of carbonyl (C=O) groups excluding carboxylic acids is 2. The fourth-order valence-corrected chi connectivity index (χ4v) is 2.20. The van der Waals surface area contributed by atoms with Crippen molar-refractivity contribution in [1.29, 1.82) is 0 Å². The van der Waals surface area contributed by atoms with Crippen LogP contribution in [-0.4, -0.2) is 22.9 Å². The van der Waals surface area contributed by atoms with Crippen molar-refractivity contribution in [1.82, 2.24) is 10.3 Å². The van der Waals surface area contributed by atoms with E-state index >= 15 is 0 Å². The summed E-state index contributed by atoms with van der Waals surface area (Å²) in [6.07, 6.45) is 3.98. The molecular formula is C18H20N3O3-. The highest BCUT2D eigenvalue weighted by molar-refractivity contribution is 5.93. The zero-order valence-electron chi connectivity index (χ0n) is 13.5. The molecule has 1 aromatic carbocycles. The topological polar surface area (TPSA) is 94.2 Å². The van der Waals surface area contributed by atoms with Gasteiger partial charge in [-0.15, -0.1) is 0 Å². The lowest BCUT2D eigenvalue weighted by Gasteiger charge is -2.19. The van der Waals surface area contributed by atoms with Crippen LogP contribution in [0.25, 0.3) is 0 Å². The maximum atomic E-state index is 12.0. The van der Waals surface area contributed by atoms with Crippen molar-refractivity contribution in [2.75, 3.05) is 5.32 Å². The van der Waals surface area contributed by atoms with Gasteiger partial charge in [-0.25, -0.2) is 0 Å². The van der Waals surface area contributed by atoms with Gasteiger partial charge >= 0.3 is 0 Å². The minimum absolute atomic E-state index is 0.210. The molecule has 1 atom stereocenters. The summed E-state index contributed by atoms with van der Waals surface area (Å²) in [6, 6.07) is 9.96. The Balaban J connectivity index is 1.89. The summed E-state index contributed by atoms with van der Waals surface area (Å²) in [5, 5.41) is 16.7. The van der Waals surface area contributed by atoms with Crippen molar-refractivity contribution in [3.05, 3.63) is 59.9 Å². The number of aliphatic carboxylic acids is 1. The van der Waals surface area contributed by atoms with Gasteiger partial charge in [0.05, 0.1) is 12.0 Å². The highest BCUT2D eigenvalue weighted by Gasteiger charge is 2.15. The van der Waals surface area contributed by atoms with Gasteiger partial charge in [0.15, 0.2) is 0 Å².